The van der Waals surface area contributed by atoms with Crippen LogP contribution in [0, 0.1) is 0 Å². The van der Waals surface area contributed by atoms with Gasteiger partial charge in [0.25, 0.3) is 0 Å². The van der Waals surface area contributed by atoms with Gasteiger partial charge < -0.3 is 4.90 Å². The van der Waals surface area contributed by atoms with E-state index in [9.17, 15) is 0 Å². The predicted octanol–water partition coefficient (Wildman–Crippen LogP) is 4.68. The summed E-state index contributed by atoms with van der Waals surface area (Å²) in [5, 5.41) is 10.4. The van der Waals surface area contributed by atoms with Crippen LogP contribution in [0.25, 0.3) is 10.6 Å². The third-order valence-electron chi connectivity index (χ3n) is 3.24. The molecule has 3 aromatic rings. The average Bonchev–Trinajstić information content (AvgIpc) is 3.03. The first-order valence-electron chi connectivity index (χ1n) is 7.03. The molecule has 0 aliphatic carbocycles. The Labute approximate surface area is 144 Å². The zero-order valence-electron chi connectivity index (χ0n) is 12.8. The Balaban J connectivity index is 1.74. The normalized spacial score (nSPS) is 11.1. The molecular formula is C17H15ClN4S. The quantitative estimate of drug-likeness (QED) is 0.647. The monoisotopic (exact) mass is 342 g/mol. The molecule has 0 saturated heterocycles. The molecule has 0 bridgehead atoms. The van der Waals surface area contributed by atoms with Crippen LogP contribution in [-0.2, 0) is 0 Å². The Morgan fingerprint density at radius 1 is 1.00 bits per heavy atom. The number of hydrogen-bond donors (Lipinski definition) is 0. The molecule has 0 spiro atoms. The number of aromatic nitrogens is 2. The van der Waals surface area contributed by atoms with Crippen LogP contribution in [0.15, 0.2) is 53.5 Å². The summed E-state index contributed by atoms with van der Waals surface area (Å²) >= 11 is 7.34. The van der Waals surface area contributed by atoms with Gasteiger partial charge in [0.05, 0.1) is 0 Å². The van der Waals surface area contributed by atoms with E-state index < -0.39 is 0 Å². The third-order valence-corrected chi connectivity index (χ3v) is 4.37. The topological polar surface area (TPSA) is 41.4 Å². The maximum absolute atomic E-state index is 5.89. The van der Waals surface area contributed by atoms with Gasteiger partial charge in [-0.15, -0.1) is 10.2 Å². The van der Waals surface area contributed by atoms with E-state index >= 15 is 0 Å². The molecule has 23 heavy (non-hydrogen) atoms. The highest BCUT2D eigenvalue weighted by molar-refractivity contribution is 7.18. The van der Waals surface area contributed by atoms with Crippen LogP contribution in [0.5, 0.6) is 0 Å². The van der Waals surface area contributed by atoms with E-state index in [-0.39, 0.29) is 0 Å². The van der Waals surface area contributed by atoms with E-state index in [1.165, 1.54) is 11.3 Å². The number of aliphatic imine (C=N–C) groups is 1. The summed E-state index contributed by atoms with van der Waals surface area (Å²) in [5.41, 5.74) is 3.17. The van der Waals surface area contributed by atoms with Crippen LogP contribution in [-0.4, -0.2) is 30.5 Å². The summed E-state index contributed by atoms with van der Waals surface area (Å²) in [5.74, 6) is 0. The molecule has 0 amide bonds. The molecule has 3 rings (SSSR count). The number of anilines is 1. The second-order valence-corrected chi connectivity index (χ2v) is 6.53. The van der Waals surface area contributed by atoms with Crippen LogP contribution in [0.1, 0.15) is 5.56 Å². The summed E-state index contributed by atoms with van der Waals surface area (Å²) in [7, 11) is 4.03. The summed E-state index contributed by atoms with van der Waals surface area (Å²) in [6, 6.07) is 15.7. The number of rotatable bonds is 4. The molecule has 0 radical (unpaired) electrons. The molecular weight excluding hydrogens is 328 g/mol. The molecule has 1 heterocycles. The molecule has 0 atom stereocenters. The molecule has 116 valence electrons. The SMILES string of the molecule is CN(C)c1ccc(/C=N/c2nnc(-c3ccc(Cl)cc3)s2)cc1. The van der Waals surface area contributed by atoms with Gasteiger partial charge in [-0.3, -0.25) is 0 Å². The summed E-state index contributed by atoms with van der Waals surface area (Å²) < 4.78 is 0. The maximum atomic E-state index is 5.89. The van der Waals surface area contributed by atoms with Gasteiger partial charge in [-0.2, -0.15) is 0 Å². The second-order valence-electron chi connectivity index (χ2n) is 5.14. The fourth-order valence-electron chi connectivity index (χ4n) is 1.97. The van der Waals surface area contributed by atoms with Gasteiger partial charge in [-0.25, -0.2) is 4.99 Å². The summed E-state index contributed by atoms with van der Waals surface area (Å²) in [6.45, 7) is 0. The lowest BCUT2D eigenvalue weighted by atomic mass is 10.2. The van der Waals surface area contributed by atoms with Crippen molar-refractivity contribution < 1.29 is 0 Å². The van der Waals surface area contributed by atoms with Crippen molar-refractivity contribution in [3.63, 3.8) is 0 Å². The second kappa shape index (κ2) is 6.89. The minimum Gasteiger partial charge on any atom is -0.378 e. The van der Waals surface area contributed by atoms with Crippen molar-refractivity contribution >= 4 is 40.0 Å². The van der Waals surface area contributed by atoms with Crippen LogP contribution in [0.4, 0.5) is 10.8 Å². The van der Waals surface area contributed by atoms with E-state index in [0.29, 0.717) is 10.2 Å². The number of nitrogens with zero attached hydrogens (tertiary/aromatic N) is 4. The number of halogens is 1. The van der Waals surface area contributed by atoms with Crippen LogP contribution >= 0.6 is 22.9 Å². The fourth-order valence-corrected chi connectivity index (χ4v) is 2.79. The van der Waals surface area contributed by atoms with Crippen molar-refractivity contribution in [1.82, 2.24) is 10.2 Å². The van der Waals surface area contributed by atoms with Crippen molar-refractivity contribution in [2.45, 2.75) is 0 Å². The largest absolute Gasteiger partial charge is 0.378 e. The molecule has 0 N–H and O–H groups in total. The molecule has 0 fully saturated rings. The first-order valence-corrected chi connectivity index (χ1v) is 8.22. The van der Waals surface area contributed by atoms with E-state index in [4.69, 9.17) is 11.6 Å². The smallest absolute Gasteiger partial charge is 0.231 e. The number of hydrogen-bond acceptors (Lipinski definition) is 5. The van der Waals surface area contributed by atoms with Crippen molar-refractivity contribution in [3.05, 3.63) is 59.1 Å². The van der Waals surface area contributed by atoms with Crippen LogP contribution in [0.3, 0.4) is 0 Å². The highest BCUT2D eigenvalue weighted by atomic mass is 35.5. The zero-order chi connectivity index (χ0) is 16.2. The first kappa shape index (κ1) is 15.6. The lowest BCUT2D eigenvalue weighted by Gasteiger charge is -2.11. The van der Waals surface area contributed by atoms with Crippen molar-refractivity contribution in [1.29, 1.82) is 0 Å². The molecule has 0 unspecified atom stereocenters. The third kappa shape index (κ3) is 3.94. The van der Waals surface area contributed by atoms with Gasteiger partial charge in [0.1, 0.15) is 5.01 Å². The van der Waals surface area contributed by atoms with Crippen molar-refractivity contribution in [3.8, 4) is 10.6 Å². The van der Waals surface area contributed by atoms with Crippen molar-refractivity contribution in [2.75, 3.05) is 19.0 Å². The van der Waals surface area contributed by atoms with Gasteiger partial charge >= 0.3 is 0 Å². The van der Waals surface area contributed by atoms with Gasteiger partial charge in [0.15, 0.2) is 0 Å². The van der Waals surface area contributed by atoms with Gasteiger partial charge in [0, 0.05) is 36.6 Å². The molecule has 2 aromatic carbocycles. The van der Waals surface area contributed by atoms with Crippen molar-refractivity contribution in [2.24, 2.45) is 4.99 Å². The van der Waals surface area contributed by atoms with Gasteiger partial charge in [0.2, 0.25) is 5.13 Å². The predicted molar refractivity (Wildman–Crippen MR) is 98.4 cm³/mol. The Bertz CT molecular complexity index is 807. The van der Waals surface area contributed by atoms with E-state index in [0.717, 1.165) is 21.8 Å². The molecule has 0 saturated carbocycles. The highest BCUT2D eigenvalue weighted by Crippen LogP contribution is 2.28. The molecule has 4 nitrogen and oxygen atoms in total. The molecule has 0 aliphatic rings. The molecule has 0 aliphatic heterocycles. The first-order chi connectivity index (χ1) is 11.1. The number of benzene rings is 2. The lowest BCUT2D eigenvalue weighted by molar-refractivity contribution is 1.09. The van der Waals surface area contributed by atoms with E-state index in [2.05, 4.69) is 32.2 Å². The van der Waals surface area contributed by atoms with Gasteiger partial charge in [-0.1, -0.05) is 47.2 Å². The Morgan fingerprint density at radius 3 is 2.35 bits per heavy atom. The van der Waals surface area contributed by atoms with E-state index in [1.54, 1.807) is 6.21 Å². The van der Waals surface area contributed by atoms with E-state index in [1.807, 2.05) is 50.5 Å². The summed E-state index contributed by atoms with van der Waals surface area (Å²) in [6.07, 6.45) is 1.80. The Kier molecular flexibility index (Phi) is 4.69. The maximum Gasteiger partial charge on any atom is 0.231 e. The van der Waals surface area contributed by atoms with Crippen LogP contribution < -0.4 is 4.90 Å². The summed E-state index contributed by atoms with van der Waals surface area (Å²) in [4.78, 5) is 6.45. The Morgan fingerprint density at radius 2 is 1.70 bits per heavy atom. The average molecular weight is 343 g/mol. The highest BCUT2D eigenvalue weighted by Gasteiger charge is 2.05. The Hall–Kier alpha value is -2.24. The van der Waals surface area contributed by atoms with Gasteiger partial charge in [-0.05, 0) is 29.8 Å². The molecule has 6 heteroatoms. The lowest BCUT2D eigenvalue weighted by Crippen LogP contribution is -2.08. The van der Waals surface area contributed by atoms with Crippen LogP contribution in [0.2, 0.25) is 5.02 Å². The zero-order valence-corrected chi connectivity index (χ0v) is 14.3. The molecule has 1 aromatic heterocycles. The minimum atomic E-state index is 0.631. The standard InChI is InChI=1S/C17H15ClN4S/c1-22(2)15-9-3-12(4-10-15)11-19-17-21-20-16(23-17)13-5-7-14(18)8-6-13/h3-11H,1-2H3/b19-11+. The fraction of sp³-hybridized carbons (Fsp3) is 0.118. The minimum absolute atomic E-state index is 0.631.